The molecule has 0 bridgehead atoms. The molecule has 0 aliphatic carbocycles. The molecule has 0 fully saturated rings. The van der Waals surface area contributed by atoms with Crippen LogP contribution >= 0.6 is 11.6 Å². The second-order valence-corrected chi connectivity index (χ2v) is 9.61. The minimum atomic E-state index is -4.27. The van der Waals surface area contributed by atoms with Crippen LogP contribution in [-0.2, 0) is 33.9 Å². The Labute approximate surface area is 171 Å². The fourth-order valence-electron chi connectivity index (χ4n) is 2.89. The van der Waals surface area contributed by atoms with E-state index >= 15 is 0 Å². The Morgan fingerprint density at radius 2 is 1.75 bits per heavy atom. The third-order valence-corrected chi connectivity index (χ3v) is 6.95. The lowest BCUT2D eigenvalue weighted by Crippen LogP contribution is -2.40. The number of rotatable bonds is 5. The zero-order chi connectivity index (χ0) is 20.7. The smallest absolute Gasteiger partial charge is 0.304 e. The van der Waals surface area contributed by atoms with Crippen LogP contribution in [0.5, 0.6) is 0 Å². The standard InChI is InChI=1S/C17H17B3ClNO5S/c18-16(11-7-4-8-12(21)9-11)14(23)13(15(22)26-16)27-28(24,25)17(19,20)10-5-2-1-3-6-10/h1-9H,18-20,22H2/t16-/m1/s1. The van der Waals surface area contributed by atoms with Gasteiger partial charge < -0.3 is 14.7 Å². The molecule has 2 aromatic carbocycles. The molecule has 1 atom stereocenters. The third kappa shape index (κ3) is 3.31. The van der Waals surface area contributed by atoms with Crippen LogP contribution in [0.1, 0.15) is 11.1 Å². The number of hydrogen-bond acceptors (Lipinski definition) is 6. The van der Waals surface area contributed by atoms with Crippen molar-refractivity contribution in [2.75, 3.05) is 0 Å². The van der Waals surface area contributed by atoms with E-state index in [-0.39, 0.29) is 5.88 Å². The van der Waals surface area contributed by atoms with Gasteiger partial charge in [0.15, 0.2) is 13.3 Å². The molecule has 2 N–H and O–H groups in total. The van der Waals surface area contributed by atoms with Crippen LogP contribution in [0.3, 0.4) is 0 Å². The normalized spacial score (nSPS) is 20.1. The quantitative estimate of drug-likeness (QED) is 0.512. The van der Waals surface area contributed by atoms with Gasteiger partial charge in [-0.2, -0.15) is 8.42 Å². The highest BCUT2D eigenvalue weighted by Gasteiger charge is 2.50. The summed E-state index contributed by atoms with van der Waals surface area (Å²) in [5.41, 5.74) is 5.24. The molecule has 3 rings (SSSR count). The van der Waals surface area contributed by atoms with Gasteiger partial charge in [-0.1, -0.05) is 54.1 Å². The predicted octanol–water partition coefficient (Wildman–Crippen LogP) is -0.724. The summed E-state index contributed by atoms with van der Waals surface area (Å²) >= 11 is 6.00. The maximum Gasteiger partial charge on any atom is 0.304 e. The molecule has 0 saturated carbocycles. The molecule has 0 amide bonds. The topological polar surface area (TPSA) is 95.7 Å². The minimum Gasteiger partial charge on any atom is -0.467 e. The molecule has 0 unspecified atom stereocenters. The average molecular weight is 415 g/mol. The summed E-state index contributed by atoms with van der Waals surface area (Å²) in [4.78, 5) is 13.0. The number of ether oxygens (including phenoxy) is 1. The van der Waals surface area contributed by atoms with E-state index in [0.717, 1.165) is 0 Å². The predicted molar refractivity (Wildman–Crippen MR) is 114 cm³/mol. The first-order valence-electron chi connectivity index (χ1n) is 8.48. The van der Waals surface area contributed by atoms with Gasteiger partial charge in [0.05, 0.1) is 4.55 Å². The van der Waals surface area contributed by atoms with Crippen molar-refractivity contribution < 1.29 is 22.1 Å². The van der Waals surface area contributed by atoms with Crippen molar-refractivity contribution in [3.63, 3.8) is 0 Å². The van der Waals surface area contributed by atoms with Gasteiger partial charge in [0.1, 0.15) is 15.7 Å². The Balaban J connectivity index is 1.94. The van der Waals surface area contributed by atoms with Gasteiger partial charge in [-0.25, -0.2) is 0 Å². The van der Waals surface area contributed by atoms with Gasteiger partial charge in [-0.3, -0.25) is 4.79 Å². The Hall–Kier alpha value is -2.32. The maximum absolute atomic E-state index is 13.0. The molecular weight excluding hydrogens is 398 g/mol. The lowest BCUT2D eigenvalue weighted by molar-refractivity contribution is -0.126. The lowest BCUT2D eigenvalue weighted by Gasteiger charge is -2.26. The Morgan fingerprint density at radius 3 is 2.36 bits per heavy atom. The zero-order valence-electron chi connectivity index (χ0n) is 15.6. The second kappa shape index (κ2) is 6.94. The van der Waals surface area contributed by atoms with Crippen LogP contribution in [0.15, 0.2) is 66.2 Å². The highest BCUT2D eigenvalue weighted by molar-refractivity contribution is 7.90. The summed E-state index contributed by atoms with van der Waals surface area (Å²) in [5.74, 6) is -1.62. The van der Waals surface area contributed by atoms with Crippen molar-refractivity contribution in [3.05, 3.63) is 82.4 Å². The number of Topliss-reactive ketones (excluding diaryl/α,β-unsaturated/α-hetero) is 1. The van der Waals surface area contributed by atoms with E-state index in [9.17, 15) is 13.2 Å². The fraction of sp³-hybridized carbons (Fsp3) is 0.118. The van der Waals surface area contributed by atoms with Crippen LogP contribution in [0.4, 0.5) is 0 Å². The first kappa shape index (κ1) is 20.4. The molecule has 28 heavy (non-hydrogen) atoms. The Morgan fingerprint density at radius 1 is 1.11 bits per heavy atom. The summed E-state index contributed by atoms with van der Waals surface area (Å²) < 4.78 is 35.2. The van der Waals surface area contributed by atoms with Crippen molar-refractivity contribution in [3.8, 4) is 0 Å². The monoisotopic (exact) mass is 415 g/mol. The van der Waals surface area contributed by atoms with E-state index in [1.807, 2.05) is 0 Å². The number of benzene rings is 2. The largest absolute Gasteiger partial charge is 0.467 e. The lowest BCUT2D eigenvalue weighted by atomic mass is 9.65. The molecule has 142 valence electrons. The molecule has 1 heterocycles. The highest BCUT2D eigenvalue weighted by Crippen LogP contribution is 2.38. The zero-order valence-corrected chi connectivity index (χ0v) is 17.2. The summed E-state index contributed by atoms with van der Waals surface area (Å²) in [5, 5.41) is 0.404. The van der Waals surface area contributed by atoms with E-state index < -0.39 is 31.7 Å². The first-order valence-corrected chi connectivity index (χ1v) is 10.3. The van der Waals surface area contributed by atoms with Crippen molar-refractivity contribution >= 4 is 51.0 Å². The molecule has 0 spiro atoms. The molecule has 0 radical (unpaired) electrons. The van der Waals surface area contributed by atoms with E-state index in [1.54, 1.807) is 54.6 Å². The Kier molecular flexibility index (Phi) is 5.06. The van der Waals surface area contributed by atoms with Crippen molar-refractivity contribution in [2.45, 2.75) is 10.0 Å². The number of nitrogens with two attached hydrogens (primary N) is 1. The molecule has 11 heteroatoms. The molecule has 0 aromatic heterocycles. The van der Waals surface area contributed by atoms with Gasteiger partial charge >= 0.3 is 10.1 Å². The number of halogens is 1. The molecule has 0 saturated heterocycles. The summed E-state index contributed by atoms with van der Waals surface area (Å²) in [6.45, 7) is 0. The maximum atomic E-state index is 13.0. The van der Waals surface area contributed by atoms with Crippen molar-refractivity contribution in [2.24, 2.45) is 5.73 Å². The van der Waals surface area contributed by atoms with Gasteiger partial charge in [0.25, 0.3) is 0 Å². The third-order valence-electron chi connectivity index (χ3n) is 4.84. The Bertz CT molecular complexity index is 1080. The van der Waals surface area contributed by atoms with E-state index in [2.05, 4.69) is 0 Å². The number of hydrogen-bond donors (Lipinski definition) is 1. The van der Waals surface area contributed by atoms with Crippen LogP contribution < -0.4 is 5.73 Å². The van der Waals surface area contributed by atoms with Crippen molar-refractivity contribution in [1.82, 2.24) is 0 Å². The first-order chi connectivity index (χ1) is 13.0. The van der Waals surface area contributed by atoms with Gasteiger partial charge in [-0.15, -0.1) is 0 Å². The fourth-order valence-corrected chi connectivity index (χ4v) is 4.09. The van der Waals surface area contributed by atoms with E-state index in [4.69, 9.17) is 26.3 Å². The molecule has 1 aliphatic heterocycles. The van der Waals surface area contributed by atoms with Gasteiger partial charge in [0.2, 0.25) is 17.4 Å². The second-order valence-electron chi connectivity index (χ2n) is 7.08. The summed E-state index contributed by atoms with van der Waals surface area (Å²) in [6.07, 6.45) is 0. The molecule has 6 nitrogen and oxygen atoms in total. The van der Waals surface area contributed by atoms with Gasteiger partial charge in [-0.05, 0) is 23.3 Å². The van der Waals surface area contributed by atoms with Crippen LogP contribution in [-0.4, -0.2) is 37.7 Å². The average Bonchev–Trinajstić information content (AvgIpc) is 2.86. The summed E-state index contributed by atoms with van der Waals surface area (Å²) in [6, 6.07) is 15.1. The van der Waals surface area contributed by atoms with E-state index in [0.29, 0.717) is 16.1 Å². The van der Waals surface area contributed by atoms with Crippen molar-refractivity contribution in [1.29, 1.82) is 0 Å². The van der Waals surface area contributed by atoms with Gasteiger partial charge in [0, 0.05) is 5.02 Å². The number of carbonyl (C=O) groups excluding carboxylic acids is 1. The van der Waals surface area contributed by atoms with Crippen LogP contribution in [0.25, 0.3) is 0 Å². The highest BCUT2D eigenvalue weighted by atomic mass is 35.5. The molecule has 2 aromatic rings. The molecular formula is C17H17B3ClNO5S. The minimum absolute atomic E-state index is 0.389. The summed E-state index contributed by atoms with van der Waals surface area (Å²) in [7, 11) is 0.200. The van der Waals surface area contributed by atoms with Crippen LogP contribution in [0.2, 0.25) is 5.02 Å². The SMILES string of the molecule is BC(B)(c1ccccc1)S(=O)(=O)OC1=C(N)O[C@](B)(c2cccc(Cl)c2)C1=O. The van der Waals surface area contributed by atoms with E-state index in [1.165, 1.54) is 23.5 Å². The molecule has 1 aliphatic rings. The number of ketones is 1. The number of carbonyl (C=O) groups is 1. The van der Waals surface area contributed by atoms with Crippen LogP contribution in [0, 0.1) is 0 Å².